The first kappa shape index (κ1) is 34.4. The van der Waals surface area contributed by atoms with Crippen LogP contribution in [-0.2, 0) is 29.5 Å². The van der Waals surface area contributed by atoms with Crippen molar-refractivity contribution in [2.24, 2.45) is 0 Å². The third-order valence-electron chi connectivity index (χ3n) is 8.64. The SMILES string of the molecule is CO[C@@H]1[C@H]2OP(=O)(c3ccccc3)O[C@H]2[C@H](Oc2ccc3c(O)c(NC(=O)c4ccc(O)c(CC=C(C)C)c4)c(=O)oc3c2C)OC1(C)C. The number of phenols is 1. The van der Waals surface area contributed by atoms with Gasteiger partial charge in [-0.2, -0.15) is 0 Å². The number of ether oxygens (including phenoxy) is 3. The number of aryl methyl sites for hydroxylation is 1. The van der Waals surface area contributed by atoms with Crippen molar-refractivity contribution in [2.75, 3.05) is 12.4 Å². The summed E-state index contributed by atoms with van der Waals surface area (Å²) in [6.07, 6.45) is -1.22. The zero-order chi connectivity index (χ0) is 35.2. The predicted octanol–water partition coefficient (Wildman–Crippen LogP) is 6.10. The van der Waals surface area contributed by atoms with E-state index in [9.17, 15) is 24.4 Å². The lowest BCUT2D eigenvalue weighted by molar-refractivity contribution is -0.282. The molecular weight excluding hydrogens is 653 g/mol. The predicted molar refractivity (Wildman–Crippen MR) is 182 cm³/mol. The van der Waals surface area contributed by atoms with E-state index in [0.29, 0.717) is 22.9 Å². The lowest BCUT2D eigenvalue weighted by Gasteiger charge is -2.45. The lowest BCUT2D eigenvalue weighted by Crippen LogP contribution is -2.62. The zero-order valence-corrected chi connectivity index (χ0v) is 28.8. The van der Waals surface area contributed by atoms with Crippen LogP contribution in [0.5, 0.6) is 17.2 Å². The Labute approximate surface area is 282 Å². The number of nitrogens with one attached hydrogen (secondary N) is 1. The number of rotatable bonds is 8. The number of benzene rings is 3. The highest BCUT2D eigenvalue weighted by Gasteiger charge is 2.61. The van der Waals surface area contributed by atoms with Crippen molar-refractivity contribution in [1.29, 1.82) is 0 Å². The molecule has 0 saturated carbocycles. The van der Waals surface area contributed by atoms with E-state index in [1.807, 2.05) is 19.9 Å². The minimum atomic E-state index is -3.78. The molecule has 1 aromatic heterocycles. The molecule has 4 aromatic rings. The fraction of sp³-hybridized carbons (Fsp3) is 0.333. The summed E-state index contributed by atoms with van der Waals surface area (Å²) in [7, 11) is -2.27. The van der Waals surface area contributed by atoms with Crippen molar-refractivity contribution >= 4 is 35.5 Å². The van der Waals surface area contributed by atoms with E-state index in [-0.39, 0.29) is 28.0 Å². The summed E-state index contributed by atoms with van der Waals surface area (Å²) in [6.45, 7) is 9.07. The van der Waals surface area contributed by atoms with Gasteiger partial charge >= 0.3 is 13.2 Å². The second-order valence-corrected chi connectivity index (χ2v) is 14.7. The zero-order valence-electron chi connectivity index (χ0n) is 27.9. The molecule has 0 spiro atoms. The quantitative estimate of drug-likeness (QED) is 0.111. The van der Waals surface area contributed by atoms with Gasteiger partial charge in [-0.25, -0.2) is 4.79 Å². The van der Waals surface area contributed by atoms with Crippen molar-refractivity contribution in [2.45, 2.75) is 71.2 Å². The maximum atomic E-state index is 13.9. The Morgan fingerprint density at radius 1 is 1.04 bits per heavy atom. The molecule has 2 aliphatic heterocycles. The molecule has 5 atom stereocenters. The summed E-state index contributed by atoms with van der Waals surface area (Å²) in [6, 6.07) is 16.0. The Bertz CT molecular complexity index is 2050. The molecule has 0 radical (unpaired) electrons. The number of fused-ring (bicyclic) bond motifs is 2. The molecule has 6 rings (SSSR count). The summed E-state index contributed by atoms with van der Waals surface area (Å²) in [4.78, 5) is 26.3. The molecule has 49 heavy (non-hydrogen) atoms. The number of hydrogen-bond donors (Lipinski definition) is 3. The molecule has 1 amide bonds. The monoisotopic (exact) mass is 691 g/mol. The van der Waals surface area contributed by atoms with Gasteiger partial charge in [-0.05, 0) is 89.1 Å². The Morgan fingerprint density at radius 3 is 2.45 bits per heavy atom. The van der Waals surface area contributed by atoms with Crippen LogP contribution in [0.2, 0.25) is 0 Å². The maximum Gasteiger partial charge on any atom is 0.364 e. The number of carbonyl (C=O) groups is 1. The van der Waals surface area contributed by atoms with E-state index in [1.165, 1.54) is 31.4 Å². The van der Waals surface area contributed by atoms with E-state index in [2.05, 4.69) is 5.32 Å². The van der Waals surface area contributed by atoms with Crippen LogP contribution < -0.4 is 21.0 Å². The molecule has 3 heterocycles. The Balaban J connectivity index is 1.29. The molecule has 12 nitrogen and oxygen atoms in total. The van der Waals surface area contributed by atoms with Gasteiger partial charge < -0.3 is 34.2 Å². The number of hydrogen-bond acceptors (Lipinski definition) is 11. The third kappa shape index (κ3) is 6.50. The molecule has 258 valence electrons. The van der Waals surface area contributed by atoms with Crippen LogP contribution in [0.25, 0.3) is 11.0 Å². The minimum absolute atomic E-state index is 0.0200. The number of anilines is 1. The van der Waals surface area contributed by atoms with Gasteiger partial charge in [-0.15, -0.1) is 0 Å². The summed E-state index contributed by atoms with van der Waals surface area (Å²) in [5.41, 5.74) is -0.270. The van der Waals surface area contributed by atoms with Gasteiger partial charge in [0.05, 0.1) is 16.3 Å². The van der Waals surface area contributed by atoms with Crippen molar-refractivity contribution in [3.05, 3.63) is 99.4 Å². The average Bonchev–Trinajstić information content (AvgIpc) is 3.42. The van der Waals surface area contributed by atoms with Gasteiger partial charge in [-0.1, -0.05) is 29.8 Å². The van der Waals surface area contributed by atoms with Crippen molar-refractivity contribution in [1.82, 2.24) is 0 Å². The molecule has 2 saturated heterocycles. The topological polar surface area (TPSA) is 163 Å². The first-order chi connectivity index (χ1) is 23.2. The van der Waals surface area contributed by atoms with Crippen LogP contribution in [0.4, 0.5) is 5.69 Å². The first-order valence-corrected chi connectivity index (χ1v) is 17.2. The Morgan fingerprint density at radius 2 is 1.76 bits per heavy atom. The third-order valence-corrected chi connectivity index (χ3v) is 10.6. The van der Waals surface area contributed by atoms with Crippen LogP contribution in [0.3, 0.4) is 0 Å². The number of methoxy groups -OCH3 is 1. The van der Waals surface area contributed by atoms with Gasteiger partial charge in [-0.3, -0.25) is 18.4 Å². The van der Waals surface area contributed by atoms with E-state index < -0.39 is 60.8 Å². The Hall–Kier alpha value is -4.45. The van der Waals surface area contributed by atoms with Crippen LogP contribution in [0, 0.1) is 6.92 Å². The fourth-order valence-corrected chi connectivity index (χ4v) is 8.01. The number of amides is 1. The summed E-state index contributed by atoms with van der Waals surface area (Å²) >= 11 is 0. The average molecular weight is 692 g/mol. The number of allylic oxidation sites excluding steroid dienone is 2. The summed E-state index contributed by atoms with van der Waals surface area (Å²) in [5.74, 6) is -0.902. The smallest absolute Gasteiger partial charge is 0.364 e. The number of aromatic hydroxyl groups is 2. The number of carbonyl (C=O) groups excluding carboxylic acids is 1. The van der Waals surface area contributed by atoms with Gasteiger partial charge in [0.15, 0.2) is 17.5 Å². The lowest BCUT2D eigenvalue weighted by atomic mass is 9.89. The molecule has 2 aliphatic rings. The fourth-order valence-electron chi connectivity index (χ4n) is 6.09. The molecular formula is C36H38NO11P. The van der Waals surface area contributed by atoms with Crippen LogP contribution in [0.15, 0.2) is 81.5 Å². The standard InChI is InChI=1S/C36H38NO11P/c1-19(2)12-13-21-18-22(14-16-25(21)38)33(40)37-27-28(39)24-15-17-26(20(3)29(24)45-34(27)41)44-35-31-30(32(43-6)36(4,5)46-35)47-49(42,48-31)23-10-8-7-9-11-23/h7-12,14-18,30-32,35,38-39H,13H2,1-6H3,(H,37,40)/t30-,31+,32+,35+,49?/m0/s1. The molecule has 2 fully saturated rings. The van der Waals surface area contributed by atoms with E-state index in [0.717, 1.165) is 5.57 Å². The highest BCUT2D eigenvalue weighted by Crippen LogP contribution is 2.59. The second kappa shape index (κ2) is 13.1. The van der Waals surface area contributed by atoms with Crippen molar-refractivity contribution < 1.29 is 47.2 Å². The van der Waals surface area contributed by atoms with Gasteiger partial charge in [0.2, 0.25) is 6.29 Å². The second-order valence-electron chi connectivity index (χ2n) is 12.8. The Kier molecular flexibility index (Phi) is 9.21. The molecule has 1 unspecified atom stereocenters. The van der Waals surface area contributed by atoms with Crippen LogP contribution in [0.1, 0.15) is 49.2 Å². The molecule has 0 bridgehead atoms. The minimum Gasteiger partial charge on any atom is -0.508 e. The van der Waals surface area contributed by atoms with Gasteiger partial charge in [0, 0.05) is 18.2 Å². The van der Waals surface area contributed by atoms with E-state index in [1.54, 1.807) is 57.2 Å². The van der Waals surface area contributed by atoms with Crippen LogP contribution >= 0.6 is 7.60 Å². The van der Waals surface area contributed by atoms with E-state index in [4.69, 9.17) is 27.7 Å². The first-order valence-electron chi connectivity index (χ1n) is 15.7. The molecule has 13 heteroatoms. The van der Waals surface area contributed by atoms with Crippen molar-refractivity contribution in [3.63, 3.8) is 0 Å². The molecule has 3 aromatic carbocycles. The number of phenolic OH excluding ortho intramolecular Hbond substituents is 1. The van der Waals surface area contributed by atoms with Crippen LogP contribution in [-0.4, -0.2) is 53.4 Å². The summed E-state index contributed by atoms with van der Waals surface area (Å²) < 4.78 is 50.0. The summed E-state index contributed by atoms with van der Waals surface area (Å²) in [5, 5.41) is 24.4. The maximum absolute atomic E-state index is 13.9. The van der Waals surface area contributed by atoms with Gasteiger partial charge in [0.25, 0.3) is 5.91 Å². The van der Waals surface area contributed by atoms with Gasteiger partial charge in [0.1, 0.15) is 29.3 Å². The normalized spacial score (nSPS) is 24.3. The highest BCUT2D eigenvalue weighted by molar-refractivity contribution is 7.62. The van der Waals surface area contributed by atoms with E-state index >= 15 is 0 Å². The molecule has 0 aliphatic carbocycles. The highest BCUT2D eigenvalue weighted by atomic mass is 31.2. The largest absolute Gasteiger partial charge is 0.508 e. The molecule has 3 N–H and O–H groups in total. The van der Waals surface area contributed by atoms with Crippen molar-refractivity contribution in [3.8, 4) is 17.2 Å².